The summed E-state index contributed by atoms with van der Waals surface area (Å²) in [6, 6.07) is 0. The van der Waals surface area contributed by atoms with Crippen molar-refractivity contribution >= 4 is 17.2 Å². The van der Waals surface area contributed by atoms with Gasteiger partial charge in [0, 0.05) is 16.7 Å². The SMILES string of the molecule is CCCCCCC(C)(CCCCCC)C(=O)NS(=O)[O-]. The van der Waals surface area contributed by atoms with E-state index >= 15 is 0 Å². The molecule has 1 amide bonds. The third-order valence-electron chi connectivity index (χ3n) is 3.89. The summed E-state index contributed by atoms with van der Waals surface area (Å²) >= 11 is -2.51. The molecule has 120 valence electrons. The van der Waals surface area contributed by atoms with Crippen LogP contribution in [-0.4, -0.2) is 14.7 Å². The van der Waals surface area contributed by atoms with Gasteiger partial charge in [0.15, 0.2) is 0 Å². The molecule has 0 spiro atoms. The number of amides is 1. The van der Waals surface area contributed by atoms with E-state index in [1.807, 2.05) is 11.6 Å². The van der Waals surface area contributed by atoms with Gasteiger partial charge in [0.25, 0.3) is 0 Å². The lowest BCUT2D eigenvalue weighted by Crippen LogP contribution is -2.39. The van der Waals surface area contributed by atoms with Crippen molar-refractivity contribution in [3.8, 4) is 0 Å². The Morgan fingerprint density at radius 2 is 1.45 bits per heavy atom. The number of hydrogen-bond acceptors (Lipinski definition) is 3. The minimum Gasteiger partial charge on any atom is -0.755 e. The van der Waals surface area contributed by atoms with Crippen molar-refractivity contribution in [3.05, 3.63) is 0 Å². The Bertz CT molecular complexity index is 283. The average Bonchev–Trinajstić information content (AvgIpc) is 2.39. The molecular weight excluding hydrogens is 274 g/mol. The fourth-order valence-corrected chi connectivity index (χ4v) is 2.83. The molecule has 4 nitrogen and oxygen atoms in total. The fourth-order valence-electron chi connectivity index (χ4n) is 2.43. The molecule has 1 N–H and O–H groups in total. The van der Waals surface area contributed by atoms with E-state index in [9.17, 15) is 13.6 Å². The second-order valence-corrected chi connectivity index (χ2v) is 6.52. The van der Waals surface area contributed by atoms with Crippen molar-refractivity contribution in [1.29, 1.82) is 0 Å². The maximum absolute atomic E-state index is 12.1. The number of carbonyl (C=O) groups excluding carboxylic acids is 1. The Morgan fingerprint density at radius 3 is 1.80 bits per heavy atom. The number of rotatable bonds is 12. The van der Waals surface area contributed by atoms with Gasteiger partial charge in [-0.05, 0) is 12.8 Å². The molecule has 0 aliphatic carbocycles. The van der Waals surface area contributed by atoms with Crippen LogP contribution < -0.4 is 4.72 Å². The molecular formula is C15H30NO3S-. The highest BCUT2D eigenvalue weighted by Gasteiger charge is 2.32. The van der Waals surface area contributed by atoms with Crippen LogP contribution in [0.3, 0.4) is 0 Å². The van der Waals surface area contributed by atoms with Crippen LogP contribution in [0.15, 0.2) is 0 Å². The maximum atomic E-state index is 12.1. The Kier molecular flexibility index (Phi) is 11.0. The lowest BCUT2D eigenvalue weighted by atomic mass is 9.79. The Hall–Kier alpha value is -0.420. The van der Waals surface area contributed by atoms with Crippen LogP contribution in [0.2, 0.25) is 0 Å². The molecule has 0 fully saturated rings. The molecule has 0 aromatic rings. The van der Waals surface area contributed by atoms with Crippen LogP contribution in [0.25, 0.3) is 0 Å². The van der Waals surface area contributed by atoms with Crippen molar-refractivity contribution in [3.63, 3.8) is 0 Å². The molecule has 0 heterocycles. The van der Waals surface area contributed by atoms with Crippen LogP contribution in [0.4, 0.5) is 0 Å². The second kappa shape index (κ2) is 11.3. The van der Waals surface area contributed by atoms with Crippen molar-refractivity contribution in [2.24, 2.45) is 5.41 Å². The van der Waals surface area contributed by atoms with Gasteiger partial charge in [0.2, 0.25) is 5.91 Å². The summed E-state index contributed by atoms with van der Waals surface area (Å²) in [7, 11) is 0. The van der Waals surface area contributed by atoms with Crippen molar-refractivity contribution in [1.82, 2.24) is 4.72 Å². The lowest BCUT2D eigenvalue weighted by Gasteiger charge is -2.29. The first-order valence-corrected chi connectivity index (χ1v) is 8.94. The number of nitrogens with one attached hydrogen (secondary N) is 1. The predicted molar refractivity (Wildman–Crippen MR) is 82.7 cm³/mol. The summed E-state index contributed by atoms with van der Waals surface area (Å²) in [6.07, 6.45) is 10.4. The van der Waals surface area contributed by atoms with E-state index in [1.54, 1.807) is 0 Å². The molecule has 0 aromatic heterocycles. The molecule has 1 atom stereocenters. The number of hydrogen-bond donors (Lipinski definition) is 1. The fraction of sp³-hybridized carbons (Fsp3) is 0.933. The molecule has 0 aromatic carbocycles. The Labute approximate surface area is 126 Å². The predicted octanol–water partition coefficient (Wildman–Crippen LogP) is 3.84. The van der Waals surface area contributed by atoms with E-state index in [2.05, 4.69) is 13.8 Å². The van der Waals surface area contributed by atoms with Crippen molar-refractivity contribution in [2.45, 2.75) is 85.0 Å². The quantitative estimate of drug-likeness (QED) is 0.440. The zero-order chi connectivity index (χ0) is 15.4. The van der Waals surface area contributed by atoms with Gasteiger partial charge in [0.05, 0.1) is 0 Å². The Balaban J connectivity index is 4.40. The first kappa shape index (κ1) is 19.6. The summed E-state index contributed by atoms with van der Waals surface area (Å²) in [5, 5.41) is 0. The Morgan fingerprint density at radius 1 is 1.00 bits per heavy atom. The minimum atomic E-state index is -2.51. The molecule has 0 aliphatic rings. The molecule has 0 bridgehead atoms. The number of unbranched alkanes of at least 4 members (excludes halogenated alkanes) is 6. The monoisotopic (exact) mass is 304 g/mol. The third-order valence-corrected chi connectivity index (χ3v) is 4.24. The summed E-state index contributed by atoms with van der Waals surface area (Å²) in [4.78, 5) is 12.1. The topological polar surface area (TPSA) is 69.2 Å². The zero-order valence-corrected chi connectivity index (χ0v) is 14.0. The summed E-state index contributed by atoms with van der Waals surface area (Å²) in [5.41, 5.74) is -0.554. The van der Waals surface area contributed by atoms with Gasteiger partial charge in [-0.15, -0.1) is 0 Å². The standard InChI is InChI=1S/C15H31NO3S/c1-4-6-8-10-12-15(3,13-11-9-7-5-2)14(17)16-20(18)19/h4-13H2,1-3H3,(H,16,17)(H,18,19)/p-1. The molecule has 1 unspecified atom stereocenters. The summed E-state index contributed by atoms with van der Waals surface area (Å²) in [6.45, 7) is 6.20. The van der Waals surface area contributed by atoms with Gasteiger partial charge in [0.1, 0.15) is 0 Å². The van der Waals surface area contributed by atoms with Crippen LogP contribution in [0.5, 0.6) is 0 Å². The summed E-state index contributed by atoms with van der Waals surface area (Å²) in [5.74, 6) is -0.348. The van der Waals surface area contributed by atoms with Gasteiger partial charge in [-0.3, -0.25) is 13.7 Å². The van der Waals surface area contributed by atoms with Crippen LogP contribution in [-0.2, 0) is 16.1 Å². The molecule has 0 aliphatic heterocycles. The van der Waals surface area contributed by atoms with E-state index in [-0.39, 0.29) is 5.91 Å². The summed E-state index contributed by atoms with van der Waals surface area (Å²) < 4.78 is 23.4. The second-order valence-electron chi connectivity index (χ2n) is 5.85. The van der Waals surface area contributed by atoms with Gasteiger partial charge in [-0.1, -0.05) is 72.1 Å². The molecule has 0 rings (SSSR count). The van der Waals surface area contributed by atoms with E-state index < -0.39 is 16.7 Å². The van der Waals surface area contributed by atoms with Gasteiger partial charge in [-0.25, -0.2) is 0 Å². The highest BCUT2D eigenvalue weighted by atomic mass is 32.2. The lowest BCUT2D eigenvalue weighted by molar-refractivity contribution is -0.129. The normalized spacial score (nSPS) is 13.2. The van der Waals surface area contributed by atoms with Gasteiger partial charge in [-0.2, -0.15) is 0 Å². The largest absolute Gasteiger partial charge is 0.755 e. The molecule has 0 radical (unpaired) electrons. The third kappa shape index (κ3) is 8.69. The number of carbonyl (C=O) groups is 1. The molecule has 0 saturated carbocycles. The van der Waals surface area contributed by atoms with Crippen LogP contribution in [0, 0.1) is 5.41 Å². The van der Waals surface area contributed by atoms with E-state index in [1.165, 1.54) is 12.8 Å². The smallest absolute Gasteiger partial charge is 0.236 e. The molecule has 0 saturated heterocycles. The van der Waals surface area contributed by atoms with Gasteiger partial charge >= 0.3 is 0 Å². The van der Waals surface area contributed by atoms with E-state index in [4.69, 9.17) is 0 Å². The highest BCUT2D eigenvalue weighted by molar-refractivity contribution is 7.77. The first-order chi connectivity index (χ1) is 9.46. The highest BCUT2D eigenvalue weighted by Crippen LogP contribution is 2.31. The van der Waals surface area contributed by atoms with Crippen LogP contribution >= 0.6 is 0 Å². The van der Waals surface area contributed by atoms with E-state index in [0.717, 1.165) is 51.4 Å². The zero-order valence-electron chi connectivity index (χ0n) is 13.2. The minimum absolute atomic E-state index is 0.348. The van der Waals surface area contributed by atoms with E-state index in [0.29, 0.717) is 0 Å². The van der Waals surface area contributed by atoms with Gasteiger partial charge < -0.3 is 4.55 Å². The van der Waals surface area contributed by atoms with Crippen LogP contribution in [0.1, 0.15) is 85.0 Å². The molecule has 5 heteroatoms. The maximum Gasteiger partial charge on any atom is 0.236 e. The molecule has 20 heavy (non-hydrogen) atoms. The average molecular weight is 304 g/mol. The van der Waals surface area contributed by atoms with Crippen molar-refractivity contribution < 1.29 is 13.6 Å². The first-order valence-electron chi connectivity index (χ1n) is 7.86. The van der Waals surface area contributed by atoms with Crippen molar-refractivity contribution in [2.75, 3.05) is 0 Å².